The van der Waals surface area contributed by atoms with Gasteiger partial charge in [0.15, 0.2) is 11.9 Å². The third-order valence-electron chi connectivity index (χ3n) is 6.57. The van der Waals surface area contributed by atoms with E-state index in [0.717, 1.165) is 25.7 Å². The summed E-state index contributed by atoms with van der Waals surface area (Å²) in [5.41, 5.74) is 0.241. The second-order valence-corrected chi connectivity index (χ2v) is 11.0. The maximum Gasteiger partial charge on any atom is 0.367 e. The van der Waals surface area contributed by atoms with E-state index in [2.05, 4.69) is 41.0 Å². The maximum atomic E-state index is 12.2. The number of nitrogens with zero attached hydrogens (tertiary/aromatic N) is 7. The molecule has 3 aromatic rings. The van der Waals surface area contributed by atoms with E-state index >= 15 is 0 Å². The molecule has 17 nitrogen and oxygen atoms in total. The fraction of sp³-hybridized carbons (Fsp3) is 0.667. The Morgan fingerprint density at radius 3 is 2.68 bits per heavy atom. The summed E-state index contributed by atoms with van der Waals surface area (Å²) in [5.74, 6) is -0.116. The smallest absolute Gasteiger partial charge is 0.367 e. The van der Waals surface area contributed by atoms with Crippen molar-refractivity contribution in [3.63, 3.8) is 0 Å². The Morgan fingerprint density at radius 1 is 1.27 bits per heavy atom. The summed E-state index contributed by atoms with van der Waals surface area (Å²) >= 11 is 6.15. The molecule has 1 saturated heterocycles. The Bertz CT molecular complexity index is 1290. The predicted octanol–water partition coefficient (Wildman–Crippen LogP) is -0.994. The van der Waals surface area contributed by atoms with E-state index in [1.54, 1.807) is 0 Å². The lowest BCUT2D eigenvalue weighted by molar-refractivity contribution is -0.114. The summed E-state index contributed by atoms with van der Waals surface area (Å²) in [6, 6.07) is 0.231. The van der Waals surface area contributed by atoms with Crippen LogP contribution >= 0.6 is 19.2 Å². The van der Waals surface area contributed by atoms with Gasteiger partial charge in [0, 0.05) is 6.04 Å². The van der Waals surface area contributed by atoms with Crippen molar-refractivity contribution in [2.45, 2.75) is 61.6 Å². The van der Waals surface area contributed by atoms with Crippen LogP contribution in [0.25, 0.3) is 11.0 Å². The number of hydrogen-bond acceptors (Lipinski definition) is 13. The van der Waals surface area contributed by atoms with Crippen LogP contribution in [0.15, 0.2) is 6.20 Å². The number of hydrogen-bond donors (Lipinski definition) is 7. The molecule has 0 bridgehead atoms. The minimum Gasteiger partial charge on any atom is -0.392 e. The number of tetrazole rings is 1. The minimum atomic E-state index is -5.22. The van der Waals surface area contributed by atoms with Gasteiger partial charge >= 0.3 is 7.60 Å². The van der Waals surface area contributed by atoms with Gasteiger partial charge in [-0.15, -0.1) is 10.2 Å². The first-order valence-electron chi connectivity index (χ1n) is 11.4. The Labute approximate surface area is 213 Å². The SMILES string of the molecule is O=P(O)(O)[C@](CO)(OC[C@@H]1O[C@H](n2ncc3c(NC4CCCC4)nc(Cl)nc32)C(O)[C@H]1O)c1nn[nH]n1. The van der Waals surface area contributed by atoms with E-state index in [1.165, 1.54) is 10.9 Å². The van der Waals surface area contributed by atoms with Crippen molar-refractivity contribution in [2.24, 2.45) is 0 Å². The van der Waals surface area contributed by atoms with Crippen LogP contribution in [0.4, 0.5) is 5.82 Å². The number of aromatic nitrogens is 8. The Balaban J connectivity index is 1.39. The molecule has 37 heavy (non-hydrogen) atoms. The second kappa shape index (κ2) is 10.1. The first-order valence-corrected chi connectivity index (χ1v) is 13.4. The molecule has 3 aromatic heterocycles. The van der Waals surface area contributed by atoms with Crippen molar-refractivity contribution < 1.29 is 39.1 Å². The Morgan fingerprint density at radius 2 is 2.03 bits per heavy atom. The number of anilines is 1. The van der Waals surface area contributed by atoms with Crippen molar-refractivity contribution in [1.82, 2.24) is 40.4 Å². The van der Waals surface area contributed by atoms with Gasteiger partial charge in [-0.1, -0.05) is 18.1 Å². The van der Waals surface area contributed by atoms with E-state index in [-0.39, 0.29) is 17.0 Å². The molecule has 0 spiro atoms. The highest BCUT2D eigenvalue weighted by molar-refractivity contribution is 7.52. The lowest BCUT2D eigenvalue weighted by atomic mass is 10.1. The van der Waals surface area contributed by atoms with Crippen molar-refractivity contribution in [2.75, 3.05) is 18.5 Å². The number of halogens is 1. The van der Waals surface area contributed by atoms with Crippen LogP contribution in [0.5, 0.6) is 0 Å². The summed E-state index contributed by atoms with van der Waals surface area (Å²) < 4.78 is 24.6. The largest absolute Gasteiger partial charge is 0.392 e. The van der Waals surface area contributed by atoms with Gasteiger partial charge in [-0.25, -0.2) is 4.68 Å². The second-order valence-electron chi connectivity index (χ2n) is 8.87. The first kappa shape index (κ1) is 26.3. The molecular formula is C18H25ClN9O8P. The molecule has 1 aliphatic carbocycles. The van der Waals surface area contributed by atoms with E-state index < -0.39 is 56.5 Å². The average Bonchev–Trinajstić information content (AvgIpc) is 3.64. The van der Waals surface area contributed by atoms with Gasteiger partial charge < -0.3 is 39.9 Å². The molecule has 1 aliphatic heterocycles. The number of fused-ring (bicyclic) bond motifs is 1. The molecule has 0 aromatic carbocycles. The molecular weight excluding hydrogens is 537 g/mol. The first-order chi connectivity index (χ1) is 17.6. The molecule has 5 atom stereocenters. The number of nitrogens with one attached hydrogen (secondary N) is 2. The van der Waals surface area contributed by atoms with Gasteiger partial charge in [-0.2, -0.15) is 20.3 Å². The molecule has 7 N–H and O–H groups in total. The highest BCUT2D eigenvalue weighted by Crippen LogP contribution is 2.56. The molecule has 202 valence electrons. The van der Waals surface area contributed by atoms with Crippen LogP contribution in [0.2, 0.25) is 5.28 Å². The van der Waals surface area contributed by atoms with E-state index in [9.17, 15) is 29.7 Å². The summed E-state index contributed by atoms with van der Waals surface area (Å²) in [7, 11) is -5.22. The van der Waals surface area contributed by atoms with Gasteiger partial charge in [-0.05, 0) is 24.4 Å². The zero-order valence-electron chi connectivity index (χ0n) is 19.1. The van der Waals surface area contributed by atoms with Crippen molar-refractivity contribution in [3.8, 4) is 0 Å². The van der Waals surface area contributed by atoms with Crippen molar-refractivity contribution >= 4 is 36.0 Å². The quantitative estimate of drug-likeness (QED) is 0.122. The predicted molar refractivity (Wildman–Crippen MR) is 123 cm³/mol. The van der Waals surface area contributed by atoms with Gasteiger partial charge in [0.2, 0.25) is 11.1 Å². The third-order valence-corrected chi connectivity index (χ3v) is 8.15. The van der Waals surface area contributed by atoms with Crippen LogP contribution in [0, 0.1) is 0 Å². The normalized spacial score (nSPS) is 26.6. The monoisotopic (exact) mass is 561 g/mol. The van der Waals surface area contributed by atoms with Crippen LogP contribution in [-0.4, -0.2) is 103 Å². The number of aliphatic hydroxyl groups is 3. The summed E-state index contributed by atoms with van der Waals surface area (Å²) in [4.78, 5) is 28.2. The third kappa shape index (κ3) is 4.71. The molecule has 19 heteroatoms. The van der Waals surface area contributed by atoms with Crippen LogP contribution in [-0.2, 0) is 19.4 Å². The number of aliphatic hydroxyl groups excluding tert-OH is 3. The topological polar surface area (TPSA) is 247 Å². The minimum absolute atomic E-state index is 0.0582. The number of ether oxygens (including phenoxy) is 2. The van der Waals surface area contributed by atoms with E-state index in [4.69, 9.17) is 21.1 Å². The number of aromatic amines is 1. The Kier molecular flexibility index (Phi) is 7.16. The molecule has 4 heterocycles. The average molecular weight is 562 g/mol. The molecule has 1 unspecified atom stereocenters. The van der Waals surface area contributed by atoms with Gasteiger partial charge in [0.1, 0.15) is 24.1 Å². The molecule has 5 rings (SSSR count). The van der Waals surface area contributed by atoms with Gasteiger partial charge in [0.25, 0.3) is 5.34 Å². The standard InChI is InChI=1S/C18H25ClN9O8P/c19-17-22-13(21-8-3-1-2-4-8)9-5-20-28(14(9)23-17)15-12(31)11(30)10(36-15)6-35-18(7-29,37(32,33)34)16-24-26-27-25-16/h5,8,10-12,15,29-31H,1-4,6-7H2,(H,21,22,23)(H2,32,33,34)(H,24,25,26,27)/t10-,11-,12?,15-,18-/m0/s1. The lowest BCUT2D eigenvalue weighted by Crippen LogP contribution is -2.40. The number of rotatable bonds is 9. The van der Waals surface area contributed by atoms with Gasteiger partial charge in [0.05, 0.1) is 24.8 Å². The van der Waals surface area contributed by atoms with E-state index in [1.807, 2.05) is 0 Å². The van der Waals surface area contributed by atoms with Crippen LogP contribution in [0.3, 0.4) is 0 Å². The number of H-pyrrole nitrogens is 1. The summed E-state index contributed by atoms with van der Waals surface area (Å²) in [6.45, 7) is -1.88. The molecule has 0 amide bonds. The maximum absolute atomic E-state index is 12.2. The summed E-state index contributed by atoms with van der Waals surface area (Å²) in [6.07, 6.45) is 0.0372. The molecule has 2 fully saturated rings. The van der Waals surface area contributed by atoms with E-state index in [0.29, 0.717) is 11.2 Å². The lowest BCUT2D eigenvalue weighted by Gasteiger charge is -2.30. The highest BCUT2D eigenvalue weighted by atomic mass is 35.5. The van der Waals surface area contributed by atoms with Crippen LogP contribution in [0.1, 0.15) is 37.7 Å². The van der Waals surface area contributed by atoms with Crippen molar-refractivity contribution in [1.29, 1.82) is 0 Å². The molecule has 2 aliphatic rings. The zero-order chi connectivity index (χ0) is 26.4. The fourth-order valence-corrected chi connectivity index (χ4v) is 5.51. The Hall–Kier alpha value is -2.34. The fourth-order valence-electron chi connectivity index (χ4n) is 4.56. The zero-order valence-corrected chi connectivity index (χ0v) is 20.8. The van der Waals surface area contributed by atoms with Crippen molar-refractivity contribution in [3.05, 3.63) is 17.3 Å². The molecule has 0 radical (unpaired) electrons. The highest BCUT2D eigenvalue weighted by Gasteiger charge is 2.55. The van der Waals surface area contributed by atoms with Gasteiger partial charge in [-0.3, -0.25) is 4.57 Å². The summed E-state index contributed by atoms with van der Waals surface area (Å²) in [5, 5.41) is 48.9. The molecule has 1 saturated carbocycles. The van der Waals surface area contributed by atoms with Crippen LogP contribution < -0.4 is 5.32 Å².